The molecule has 1 aromatic heterocycles. The van der Waals surface area contributed by atoms with Crippen LogP contribution >= 0.6 is 0 Å². The van der Waals surface area contributed by atoms with Crippen LogP contribution in [0.4, 0.5) is 20.4 Å². The lowest BCUT2D eigenvalue weighted by Gasteiger charge is -2.32. The van der Waals surface area contributed by atoms with E-state index in [9.17, 15) is 13.6 Å². The van der Waals surface area contributed by atoms with E-state index in [2.05, 4.69) is 15.3 Å². The summed E-state index contributed by atoms with van der Waals surface area (Å²) in [5.74, 6) is -0.113. The molecule has 1 saturated heterocycles. The zero-order valence-corrected chi connectivity index (χ0v) is 16.4. The molecule has 5 nitrogen and oxygen atoms in total. The van der Waals surface area contributed by atoms with Gasteiger partial charge >= 0.3 is 0 Å². The number of likely N-dealkylation sites (tertiary alicyclic amines) is 1. The number of piperidine rings is 1. The van der Waals surface area contributed by atoms with Crippen molar-refractivity contribution in [2.24, 2.45) is 0 Å². The Kier molecular flexibility index (Phi) is 5.97. The lowest BCUT2D eigenvalue weighted by molar-refractivity contribution is -0.131. The minimum Gasteiger partial charge on any atom is -0.342 e. The normalized spacial score (nSPS) is 16.3. The van der Waals surface area contributed by atoms with Gasteiger partial charge in [-0.2, -0.15) is 0 Å². The number of nitrogens with zero attached hydrogens (tertiary/aromatic N) is 3. The molecule has 0 unspecified atom stereocenters. The Hall–Kier alpha value is -3.35. The molecule has 1 fully saturated rings. The smallest absolute Gasteiger partial charge is 0.227 e. The molecule has 0 aliphatic carbocycles. The molecule has 1 atom stereocenters. The van der Waals surface area contributed by atoms with E-state index in [-0.39, 0.29) is 29.9 Å². The first-order chi connectivity index (χ1) is 14.6. The molecule has 1 aliphatic rings. The lowest BCUT2D eigenvalue weighted by Crippen LogP contribution is -2.40. The van der Waals surface area contributed by atoms with E-state index < -0.39 is 0 Å². The fourth-order valence-electron chi connectivity index (χ4n) is 3.70. The third-order valence-corrected chi connectivity index (χ3v) is 5.21. The van der Waals surface area contributed by atoms with Gasteiger partial charge in [0.15, 0.2) is 0 Å². The molecule has 30 heavy (non-hydrogen) atoms. The number of carbonyl (C=O) groups excluding carboxylic acids is 1. The molecule has 0 spiro atoms. The number of hydrogen-bond donors (Lipinski definition) is 1. The van der Waals surface area contributed by atoms with Gasteiger partial charge in [-0.15, -0.1) is 0 Å². The number of halogens is 2. The maximum atomic E-state index is 13.4. The highest BCUT2D eigenvalue weighted by Gasteiger charge is 2.26. The summed E-state index contributed by atoms with van der Waals surface area (Å²) >= 11 is 0. The average molecular weight is 408 g/mol. The van der Waals surface area contributed by atoms with E-state index in [4.69, 9.17) is 0 Å². The van der Waals surface area contributed by atoms with Crippen molar-refractivity contribution in [3.8, 4) is 0 Å². The number of nitrogens with one attached hydrogen (secondary N) is 1. The van der Waals surface area contributed by atoms with E-state index in [1.807, 2.05) is 11.0 Å². The van der Waals surface area contributed by atoms with E-state index in [1.54, 1.807) is 30.5 Å². The van der Waals surface area contributed by atoms with Crippen LogP contribution < -0.4 is 5.32 Å². The van der Waals surface area contributed by atoms with Gasteiger partial charge in [-0.05, 0) is 60.9 Å². The largest absolute Gasteiger partial charge is 0.342 e. The van der Waals surface area contributed by atoms with Crippen molar-refractivity contribution < 1.29 is 13.6 Å². The van der Waals surface area contributed by atoms with Crippen molar-refractivity contribution >= 4 is 17.5 Å². The van der Waals surface area contributed by atoms with Gasteiger partial charge in [0.1, 0.15) is 11.6 Å². The highest BCUT2D eigenvalue weighted by Crippen LogP contribution is 2.27. The predicted molar refractivity (Wildman–Crippen MR) is 110 cm³/mol. The third-order valence-electron chi connectivity index (χ3n) is 5.21. The number of amides is 1. The second-order valence-electron chi connectivity index (χ2n) is 7.42. The first-order valence-corrected chi connectivity index (χ1v) is 9.94. The quantitative estimate of drug-likeness (QED) is 0.678. The van der Waals surface area contributed by atoms with Crippen molar-refractivity contribution in [3.63, 3.8) is 0 Å². The maximum Gasteiger partial charge on any atom is 0.227 e. The number of carbonyl (C=O) groups is 1. The van der Waals surface area contributed by atoms with Gasteiger partial charge in [0, 0.05) is 30.9 Å². The molecule has 1 aliphatic heterocycles. The Bertz CT molecular complexity index is 1030. The molecule has 4 rings (SSSR count). The summed E-state index contributed by atoms with van der Waals surface area (Å²) in [5, 5.41) is 3.08. The van der Waals surface area contributed by atoms with Gasteiger partial charge in [0.25, 0.3) is 0 Å². The van der Waals surface area contributed by atoms with Crippen LogP contribution in [0.5, 0.6) is 0 Å². The number of benzene rings is 2. The number of aromatic nitrogens is 2. The van der Waals surface area contributed by atoms with Crippen molar-refractivity contribution in [1.29, 1.82) is 0 Å². The van der Waals surface area contributed by atoms with Crippen molar-refractivity contribution in [2.75, 3.05) is 18.4 Å². The second-order valence-corrected chi connectivity index (χ2v) is 7.42. The fraction of sp³-hybridized carbons (Fsp3) is 0.261. The Morgan fingerprint density at radius 2 is 1.93 bits per heavy atom. The molecule has 154 valence electrons. The van der Waals surface area contributed by atoms with Gasteiger partial charge in [0.05, 0.1) is 12.1 Å². The average Bonchev–Trinajstić information content (AvgIpc) is 2.76. The second kappa shape index (κ2) is 8.98. The van der Waals surface area contributed by atoms with Crippen LogP contribution in [0.15, 0.2) is 60.8 Å². The van der Waals surface area contributed by atoms with Crippen LogP contribution in [-0.4, -0.2) is 33.9 Å². The standard InChI is InChI=1S/C23H22F2N4O/c24-18-6-8-20(9-7-18)27-23-26-11-10-21(28-23)17-4-2-12-29(15-17)22(30)14-16-3-1-5-19(25)13-16/h1,3,5-11,13,17H,2,4,12,14-15H2,(H,26,27,28)/t17-/m1/s1. The highest BCUT2D eigenvalue weighted by molar-refractivity contribution is 5.79. The van der Waals surface area contributed by atoms with Crippen LogP contribution in [-0.2, 0) is 11.2 Å². The summed E-state index contributed by atoms with van der Waals surface area (Å²) in [7, 11) is 0. The topological polar surface area (TPSA) is 58.1 Å². The molecule has 0 radical (unpaired) electrons. The van der Waals surface area contributed by atoms with Crippen LogP contribution in [0.3, 0.4) is 0 Å². The Balaban J connectivity index is 1.42. The van der Waals surface area contributed by atoms with Gasteiger partial charge in [0.2, 0.25) is 11.9 Å². The molecule has 0 saturated carbocycles. The number of hydrogen-bond acceptors (Lipinski definition) is 4. The molecule has 3 aromatic rings. The van der Waals surface area contributed by atoms with E-state index in [1.165, 1.54) is 24.3 Å². The first kappa shape index (κ1) is 19.9. The van der Waals surface area contributed by atoms with E-state index >= 15 is 0 Å². The molecule has 7 heteroatoms. The van der Waals surface area contributed by atoms with Crippen molar-refractivity contribution in [3.05, 3.63) is 83.7 Å². The molecular formula is C23H22F2N4O. The minimum absolute atomic E-state index is 0.0102. The third kappa shape index (κ3) is 4.97. The molecule has 1 amide bonds. The summed E-state index contributed by atoms with van der Waals surface area (Å²) in [6.07, 6.45) is 3.67. The molecule has 2 aromatic carbocycles. The number of anilines is 2. The lowest BCUT2D eigenvalue weighted by atomic mass is 9.94. The summed E-state index contributed by atoms with van der Waals surface area (Å²) in [6.45, 7) is 1.26. The summed E-state index contributed by atoms with van der Waals surface area (Å²) in [5.41, 5.74) is 2.23. The van der Waals surface area contributed by atoms with Crippen LogP contribution in [0, 0.1) is 11.6 Å². The Labute approximate surface area is 173 Å². The maximum absolute atomic E-state index is 13.4. The highest BCUT2D eigenvalue weighted by atomic mass is 19.1. The molecule has 1 N–H and O–H groups in total. The van der Waals surface area contributed by atoms with Crippen LogP contribution in [0.25, 0.3) is 0 Å². The van der Waals surface area contributed by atoms with Crippen LogP contribution in [0.2, 0.25) is 0 Å². The Morgan fingerprint density at radius 3 is 2.73 bits per heavy atom. The van der Waals surface area contributed by atoms with E-state index in [0.29, 0.717) is 30.3 Å². The number of rotatable bonds is 5. The summed E-state index contributed by atoms with van der Waals surface area (Å²) < 4.78 is 26.5. The van der Waals surface area contributed by atoms with E-state index in [0.717, 1.165) is 18.5 Å². The van der Waals surface area contributed by atoms with Gasteiger partial charge in [-0.25, -0.2) is 18.7 Å². The van der Waals surface area contributed by atoms with Crippen molar-refractivity contribution in [1.82, 2.24) is 14.9 Å². The molecule has 2 heterocycles. The summed E-state index contributed by atoms with van der Waals surface area (Å²) in [4.78, 5) is 23.4. The summed E-state index contributed by atoms with van der Waals surface area (Å²) in [6, 6.07) is 14.0. The monoisotopic (exact) mass is 408 g/mol. The minimum atomic E-state index is -0.334. The Morgan fingerprint density at radius 1 is 1.10 bits per heavy atom. The SMILES string of the molecule is O=C(Cc1cccc(F)c1)N1CCC[C@@H](c2ccnc(Nc3ccc(F)cc3)n2)C1. The van der Waals surface area contributed by atoms with Crippen molar-refractivity contribution in [2.45, 2.75) is 25.2 Å². The predicted octanol–water partition coefficient (Wildman–Crippen LogP) is 4.45. The molecule has 0 bridgehead atoms. The van der Waals surface area contributed by atoms with Gasteiger partial charge in [-0.1, -0.05) is 12.1 Å². The molecular weight excluding hydrogens is 386 g/mol. The fourth-order valence-corrected chi connectivity index (χ4v) is 3.70. The zero-order valence-electron chi connectivity index (χ0n) is 16.4. The van der Waals surface area contributed by atoms with Gasteiger partial charge in [-0.3, -0.25) is 4.79 Å². The first-order valence-electron chi connectivity index (χ1n) is 9.94. The van der Waals surface area contributed by atoms with Gasteiger partial charge < -0.3 is 10.2 Å². The van der Waals surface area contributed by atoms with Crippen LogP contribution in [0.1, 0.15) is 30.0 Å². The zero-order chi connectivity index (χ0) is 20.9.